The first kappa shape index (κ1) is 21.0. The largest absolute Gasteiger partial charge is 0.484 e. The van der Waals surface area contributed by atoms with Gasteiger partial charge in [0.25, 0.3) is 0 Å². The van der Waals surface area contributed by atoms with Crippen LogP contribution in [0.5, 0.6) is 5.75 Å². The minimum Gasteiger partial charge on any atom is -0.484 e. The first-order valence-electron chi connectivity index (χ1n) is 9.29. The highest BCUT2D eigenvalue weighted by Gasteiger charge is 2.37. The first-order valence-corrected chi connectivity index (χ1v) is 9.82. The Morgan fingerprint density at radius 2 is 1.86 bits per heavy atom. The molecule has 152 valence electrons. The van der Waals surface area contributed by atoms with E-state index in [1.165, 1.54) is 12.1 Å². The van der Waals surface area contributed by atoms with E-state index < -0.39 is 18.6 Å². The molecule has 0 unspecified atom stereocenters. The third kappa shape index (κ3) is 4.62. The summed E-state index contributed by atoms with van der Waals surface area (Å²) in [6.45, 7) is 2.98. The van der Waals surface area contributed by atoms with Gasteiger partial charge in [-0.1, -0.05) is 38.5 Å². The Morgan fingerprint density at radius 3 is 2.46 bits per heavy atom. The van der Waals surface area contributed by atoms with Crippen molar-refractivity contribution in [3.05, 3.63) is 53.3 Å². The van der Waals surface area contributed by atoms with Crippen LogP contribution < -0.4 is 4.74 Å². The van der Waals surface area contributed by atoms with E-state index >= 15 is 0 Å². The molecule has 1 fully saturated rings. The van der Waals surface area contributed by atoms with Crippen LogP contribution in [0.1, 0.15) is 50.2 Å². The van der Waals surface area contributed by atoms with Gasteiger partial charge in [-0.2, -0.15) is 13.2 Å². The maximum Gasteiger partial charge on any atom is 0.422 e. The first-order chi connectivity index (χ1) is 13.1. The number of hydrogen-bond donors (Lipinski definition) is 0. The van der Waals surface area contributed by atoms with Gasteiger partial charge in [0.05, 0.1) is 0 Å². The molecule has 1 atom stereocenters. The average molecular weight is 415 g/mol. The molecule has 0 spiro atoms. The van der Waals surface area contributed by atoms with Crippen molar-refractivity contribution in [1.82, 2.24) is 0 Å². The summed E-state index contributed by atoms with van der Waals surface area (Å²) in [6.07, 6.45) is -1.31. The zero-order valence-electron chi connectivity index (χ0n) is 15.9. The molecule has 0 N–H and O–H groups in total. The topological polar surface area (TPSA) is 9.23 Å². The average Bonchev–Trinajstić information content (AvgIpc) is 2.99. The molecular formula is C22H23ClF4O. The quantitative estimate of drug-likeness (QED) is 0.364. The van der Waals surface area contributed by atoms with Gasteiger partial charge in [0.1, 0.15) is 11.6 Å². The van der Waals surface area contributed by atoms with Crippen molar-refractivity contribution >= 4 is 11.6 Å². The summed E-state index contributed by atoms with van der Waals surface area (Å²) in [7, 11) is 0. The lowest BCUT2D eigenvalue weighted by molar-refractivity contribution is -0.153. The van der Waals surface area contributed by atoms with Gasteiger partial charge in [-0.15, -0.1) is 11.6 Å². The molecule has 0 saturated heterocycles. The van der Waals surface area contributed by atoms with Gasteiger partial charge in [0.15, 0.2) is 6.61 Å². The summed E-state index contributed by atoms with van der Waals surface area (Å²) in [6, 6.07) is 9.37. The monoisotopic (exact) mass is 414 g/mol. The van der Waals surface area contributed by atoms with E-state index in [1.807, 2.05) is 18.2 Å². The van der Waals surface area contributed by atoms with Crippen molar-refractivity contribution in [3.63, 3.8) is 0 Å². The summed E-state index contributed by atoms with van der Waals surface area (Å²) in [4.78, 5) is 0. The number of alkyl halides is 4. The van der Waals surface area contributed by atoms with Crippen LogP contribution in [-0.4, -0.2) is 12.8 Å². The summed E-state index contributed by atoms with van der Waals surface area (Å²) in [5.41, 5.74) is 2.92. The number of hydrogen-bond acceptors (Lipinski definition) is 1. The molecule has 1 nitrogen and oxygen atoms in total. The molecule has 0 bridgehead atoms. The van der Waals surface area contributed by atoms with Crippen molar-refractivity contribution in [3.8, 4) is 16.9 Å². The maximum absolute atomic E-state index is 14.7. The maximum atomic E-state index is 14.7. The third-order valence-corrected chi connectivity index (χ3v) is 5.84. The molecule has 1 aliphatic rings. The highest BCUT2D eigenvalue weighted by molar-refractivity contribution is 6.17. The Morgan fingerprint density at radius 1 is 1.11 bits per heavy atom. The van der Waals surface area contributed by atoms with Crippen LogP contribution in [-0.2, 0) is 5.88 Å². The van der Waals surface area contributed by atoms with Gasteiger partial charge in [0.2, 0.25) is 0 Å². The highest BCUT2D eigenvalue weighted by atomic mass is 35.5. The van der Waals surface area contributed by atoms with Crippen LogP contribution in [0.25, 0.3) is 11.1 Å². The van der Waals surface area contributed by atoms with Crippen LogP contribution in [0.15, 0.2) is 36.4 Å². The van der Waals surface area contributed by atoms with E-state index in [4.69, 9.17) is 16.3 Å². The second-order valence-corrected chi connectivity index (χ2v) is 8.30. The number of rotatable bonds is 5. The van der Waals surface area contributed by atoms with Crippen LogP contribution in [0, 0.1) is 11.2 Å². The lowest BCUT2D eigenvalue weighted by atomic mass is 9.75. The predicted octanol–water partition coefficient (Wildman–Crippen LogP) is 7.47. The van der Waals surface area contributed by atoms with Gasteiger partial charge in [-0.25, -0.2) is 4.39 Å². The minimum atomic E-state index is -4.45. The third-order valence-electron chi connectivity index (χ3n) is 5.53. The second kappa shape index (κ2) is 7.94. The van der Waals surface area contributed by atoms with Crippen LogP contribution in [0.4, 0.5) is 17.6 Å². The van der Waals surface area contributed by atoms with Gasteiger partial charge in [-0.05, 0) is 59.1 Å². The summed E-state index contributed by atoms with van der Waals surface area (Å²) in [5.74, 6) is 0.0732. The molecule has 0 aliphatic heterocycles. The molecule has 2 aromatic carbocycles. The Kier molecular flexibility index (Phi) is 5.95. The van der Waals surface area contributed by atoms with Gasteiger partial charge < -0.3 is 4.74 Å². The molecule has 28 heavy (non-hydrogen) atoms. The van der Waals surface area contributed by atoms with Gasteiger partial charge >= 0.3 is 6.18 Å². The summed E-state index contributed by atoms with van der Waals surface area (Å²) < 4.78 is 56.9. The van der Waals surface area contributed by atoms with Crippen molar-refractivity contribution in [2.75, 3.05) is 6.61 Å². The molecule has 0 heterocycles. The van der Waals surface area contributed by atoms with Crippen LogP contribution >= 0.6 is 11.6 Å². The molecule has 6 heteroatoms. The zero-order valence-corrected chi connectivity index (χ0v) is 16.6. The lowest BCUT2D eigenvalue weighted by Crippen LogP contribution is -2.19. The smallest absolute Gasteiger partial charge is 0.422 e. The van der Waals surface area contributed by atoms with Crippen LogP contribution in [0.2, 0.25) is 0 Å². The normalized spacial score (nSPS) is 19.0. The highest BCUT2D eigenvalue weighted by Crippen LogP contribution is 2.51. The zero-order chi connectivity index (χ0) is 20.5. The fourth-order valence-corrected chi connectivity index (χ4v) is 4.26. The van der Waals surface area contributed by atoms with E-state index in [0.717, 1.165) is 36.5 Å². The molecule has 0 radical (unpaired) electrons. The standard InChI is InChI=1S/C22H23ClF4O/c1-21(2)9-3-4-19(21)17-10-14(12-23)5-7-16(17)18-11-15(6-8-20(18)24)28-13-22(25,26)27/h5-8,10-11,19H,3-4,9,12-13H2,1-2H3/t19-/m0/s1. The molecule has 1 aliphatic carbocycles. The molecule has 0 amide bonds. The second-order valence-electron chi connectivity index (χ2n) is 8.03. The Bertz CT molecular complexity index is 845. The molecular weight excluding hydrogens is 392 g/mol. The van der Waals surface area contributed by atoms with Crippen molar-refractivity contribution in [2.24, 2.45) is 5.41 Å². The van der Waals surface area contributed by atoms with Crippen LogP contribution in [0.3, 0.4) is 0 Å². The van der Waals surface area contributed by atoms with E-state index in [9.17, 15) is 17.6 Å². The molecule has 3 rings (SSSR count). The molecule has 2 aromatic rings. The summed E-state index contributed by atoms with van der Waals surface area (Å²) >= 11 is 6.01. The lowest BCUT2D eigenvalue weighted by Gasteiger charge is -2.30. The van der Waals surface area contributed by atoms with E-state index in [0.29, 0.717) is 11.4 Å². The minimum absolute atomic E-state index is 0.00761. The van der Waals surface area contributed by atoms with Gasteiger partial charge in [0, 0.05) is 11.4 Å². The number of benzene rings is 2. The van der Waals surface area contributed by atoms with E-state index in [2.05, 4.69) is 13.8 Å². The van der Waals surface area contributed by atoms with Crippen molar-refractivity contribution in [1.29, 1.82) is 0 Å². The number of halogens is 5. The van der Waals surface area contributed by atoms with Crippen molar-refractivity contribution in [2.45, 2.75) is 51.1 Å². The fourth-order valence-electron chi connectivity index (χ4n) is 4.10. The predicted molar refractivity (Wildman–Crippen MR) is 103 cm³/mol. The van der Waals surface area contributed by atoms with E-state index in [-0.39, 0.29) is 22.6 Å². The Labute approximate surface area is 167 Å². The fraction of sp³-hybridized carbons (Fsp3) is 0.455. The molecule has 0 aromatic heterocycles. The summed E-state index contributed by atoms with van der Waals surface area (Å²) in [5, 5.41) is 0. The number of ether oxygens (including phenoxy) is 1. The Hall–Kier alpha value is -1.75. The van der Waals surface area contributed by atoms with E-state index in [1.54, 1.807) is 0 Å². The van der Waals surface area contributed by atoms with Crippen molar-refractivity contribution < 1.29 is 22.3 Å². The SMILES string of the molecule is CC1(C)CCC[C@H]1c1cc(CCl)ccc1-c1cc(OCC(F)(F)F)ccc1F. The molecule has 1 saturated carbocycles. The Balaban J connectivity index is 2.05. The van der Waals surface area contributed by atoms with Gasteiger partial charge in [-0.3, -0.25) is 0 Å².